The summed E-state index contributed by atoms with van der Waals surface area (Å²) < 4.78 is 11.0. The van der Waals surface area contributed by atoms with Gasteiger partial charge in [0.25, 0.3) is 5.91 Å². The topological polar surface area (TPSA) is 47.6 Å². The Morgan fingerprint density at radius 3 is 2.31 bits per heavy atom. The van der Waals surface area contributed by atoms with E-state index in [9.17, 15) is 4.79 Å². The molecule has 0 saturated carbocycles. The fraction of sp³-hybridized carbons (Fsp3) is 0.381. The molecule has 0 unspecified atom stereocenters. The van der Waals surface area contributed by atoms with E-state index < -0.39 is 6.10 Å². The summed E-state index contributed by atoms with van der Waals surface area (Å²) in [5.41, 5.74) is 1.90. The van der Waals surface area contributed by atoms with E-state index in [0.29, 0.717) is 28.6 Å². The van der Waals surface area contributed by atoms with Gasteiger partial charge in [-0.3, -0.25) is 4.79 Å². The van der Waals surface area contributed by atoms with Crippen molar-refractivity contribution in [1.29, 1.82) is 0 Å². The predicted octanol–water partition coefficient (Wildman–Crippen LogP) is 5.44. The van der Waals surface area contributed by atoms with Crippen molar-refractivity contribution in [2.45, 2.75) is 45.6 Å². The zero-order valence-electron chi connectivity index (χ0n) is 15.9. The van der Waals surface area contributed by atoms with Crippen molar-refractivity contribution in [1.82, 2.24) is 0 Å². The molecule has 0 radical (unpaired) electrons. The molecule has 0 spiro atoms. The van der Waals surface area contributed by atoms with Gasteiger partial charge in [0, 0.05) is 5.69 Å². The van der Waals surface area contributed by atoms with E-state index in [-0.39, 0.29) is 11.3 Å². The van der Waals surface area contributed by atoms with Crippen LogP contribution in [-0.4, -0.2) is 19.1 Å². The number of halogens is 1. The molecule has 0 heterocycles. The maximum atomic E-state index is 12.5. The number of methoxy groups -OCH3 is 1. The Hall–Kier alpha value is -2.20. The Morgan fingerprint density at radius 1 is 1.15 bits per heavy atom. The summed E-state index contributed by atoms with van der Waals surface area (Å²) in [7, 11) is 1.55. The maximum Gasteiger partial charge on any atom is 0.265 e. The van der Waals surface area contributed by atoms with Gasteiger partial charge in [-0.2, -0.15) is 0 Å². The minimum atomic E-state index is -0.587. The summed E-state index contributed by atoms with van der Waals surface area (Å²) in [4.78, 5) is 12.5. The average molecular weight is 376 g/mol. The molecular weight excluding hydrogens is 350 g/mol. The third-order valence-corrected chi connectivity index (χ3v) is 4.38. The van der Waals surface area contributed by atoms with E-state index >= 15 is 0 Å². The van der Waals surface area contributed by atoms with Gasteiger partial charge in [0.1, 0.15) is 11.5 Å². The number of carbonyl (C=O) groups excluding carboxylic acids is 1. The van der Waals surface area contributed by atoms with E-state index in [1.165, 1.54) is 5.56 Å². The van der Waals surface area contributed by atoms with Gasteiger partial charge in [-0.05, 0) is 47.7 Å². The van der Waals surface area contributed by atoms with E-state index in [2.05, 4.69) is 26.1 Å². The standard InChI is InChI=1S/C21H26ClNO3/c1-6-18(26-16-10-7-14(8-11-16)21(2,3)4)20(24)23-15-9-12-19(25-5)17(22)13-15/h7-13,18H,6H2,1-5H3,(H,23,24)/t18-/m0/s1. The van der Waals surface area contributed by atoms with Crippen molar-refractivity contribution in [2.24, 2.45) is 0 Å². The number of hydrogen-bond acceptors (Lipinski definition) is 3. The molecule has 1 atom stereocenters. The van der Waals surface area contributed by atoms with Crippen LogP contribution in [0.2, 0.25) is 5.02 Å². The summed E-state index contributed by atoms with van der Waals surface area (Å²) in [6.45, 7) is 8.39. The highest BCUT2D eigenvalue weighted by Gasteiger charge is 2.20. The fourth-order valence-electron chi connectivity index (χ4n) is 2.49. The van der Waals surface area contributed by atoms with Gasteiger partial charge in [-0.1, -0.05) is 51.4 Å². The summed E-state index contributed by atoms with van der Waals surface area (Å²) >= 11 is 6.10. The van der Waals surface area contributed by atoms with Gasteiger partial charge in [0.05, 0.1) is 12.1 Å². The lowest BCUT2D eigenvalue weighted by atomic mass is 9.87. The van der Waals surface area contributed by atoms with Crippen molar-refractivity contribution >= 4 is 23.2 Å². The molecule has 0 aliphatic carbocycles. The van der Waals surface area contributed by atoms with Gasteiger partial charge in [-0.25, -0.2) is 0 Å². The minimum Gasteiger partial charge on any atom is -0.495 e. The molecule has 2 rings (SSSR count). The molecule has 2 aromatic rings. The zero-order valence-corrected chi connectivity index (χ0v) is 16.7. The Bertz CT molecular complexity index is 751. The minimum absolute atomic E-state index is 0.0771. The van der Waals surface area contributed by atoms with Crippen molar-refractivity contribution < 1.29 is 14.3 Å². The number of rotatable bonds is 6. The Balaban J connectivity index is 2.05. The third-order valence-electron chi connectivity index (χ3n) is 4.08. The molecule has 0 fully saturated rings. The first-order valence-corrected chi connectivity index (χ1v) is 9.04. The zero-order chi connectivity index (χ0) is 19.3. The lowest BCUT2D eigenvalue weighted by Gasteiger charge is -2.21. The second kappa shape index (κ2) is 8.45. The molecular formula is C21H26ClNO3. The first-order chi connectivity index (χ1) is 12.2. The maximum absolute atomic E-state index is 12.5. The van der Waals surface area contributed by atoms with Crippen LogP contribution in [-0.2, 0) is 10.2 Å². The normalized spacial score (nSPS) is 12.4. The van der Waals surface area contributed by atoms with Gasteiger partial charge in [-0.15, -0.1) is 0 Å². The molecule has 140 valence electrons. The van der Waals surface area contributed by atoms with E-state index in [4.69, 9.17) is 21.1 Å². The lowest BCUT2D eigenvalue weighted by molar-refractivity contribution is -0.122. The largest absolute Gasteiger partial charge is 0.495 e. The molecule has 1 amide bonds. The number of benzene rings is 2. The second-order valence-electron chi connectivity index (χ2n) is 7.13. The Labute approximate surface area is 160 Å². The first-order valence-electron chi connectivity index (χ1n) is 8.66. The van der Waals surface area contributed by atoms with Crippen LogP contribution >= 0.6 is 11.6 Å². The van der Waals surface area contributed by atoms with E-state index in [0.717, 1.165) is 0 Å². The van der Waals surface area contributed by atoms with Crippen LogP contribution in [0.25, 0.3) is 0 Å². The summed E-state index contributed by atoms with van der Waals surface area (Å²) in [5, 5.41) is 3.28. The fourth-order valence-corrected chi connectivity index (χ4v) is 2.74. The summed E-state index contributed by atoms with van der Waals surface area (Å²) in [5.74, 6) is 1.02. The van der Waals surface area contributed by atoms with Crippen LogP contribution in [0.4, 0.5) is 5.69 Å². The summed E-state index contributed by atoms with van der Waals surface area (Å²) in [6, 6.07) is 13.0. The first kappa shape index (κ1) is 20.1. The molecule has 0 bridgehead atoms. The molecule has 5 heteroatoms. The van der Waals surface area contributed by atoms with E-state index in [1.807, 2.05) is 31.2 Å². The van der Waals surface area contributed by atoms with Crippen LogP contribution in [0.5, 0.6) is 11.5 Å². The van der Waals surface area contributed by atoms with Gasteiger partial charge in [0.2, 0.25) is 0 Å². The smallest absolute Gasteiger partial charge is 0.265 e. The van der Waals surface area contributed by atoms with Crippen molar-refractivity contribution in [2.75, 3.05) is 12.4 Å². The van der Waals surface area contributed by atoms with Crippen LogP contribution < -0.4 is 14.8 Å². The highest BCUT2D eigenvalue weighted by atomic mass is 35.5. The second-order valence-corrected chi connectivity index (χ2v) is 7.53. The Kier molecular flexibility index (Phi) is 6.54. The number of hydrogen-bond donors (Lipinski definition) is 1. The van der Waals surface area contributed by atoms with Crippen LogP contribution in [0.1, 0.15) is 39.7 Å². The van der Waals surface area contributed by atoms with Gasteiger partial charge in [0.15, 0.2) is 6.10 Å². The lowest BCUT2D eigenvalue weighted by Crippen LogP contribution is -2.32. The van der Waals surface area contributed by atoms with Gasteiger partial charge >= 0.3 is 0 Å². The molecule has 4 nitrogen and oxygen atoms in total. The van der Waals surface area contributed by atoms with Gasteiger partial charge < -0.3 is 14.8 Å². The summed E-state index contributed by atoms with van der Waals surface area (Å²) in [6.07, 6.45) is -0.0344. The van der Waals surface area contributed by atoms with Crippen LogP contribution in [0, 0.1) is 0 Å². The molecule has 0 aliphatic rings. The number of carbonyl (C=O) groups is 1. The number of amides is 1. The SMILES string of the molecule is CC[C@H](Oc1ccc(C(C)(C)C)cc1)C(=O)Nc1ccc(OC)c(Cl)c1. The third kappa shape index (κ3) is 5.15. The molecule has 1 N–H and O–H groups in total. The molecule has 26 heavy (non-hydrogen) atoms. The van der Waals surface area contributed by atoms with Crippen molar-refractivity contribution in [3.8, 4) is 11.5 Å². The molecule has 0 aliphatic heterocycles. The number of anilines is 1. The molecule has 0 aromatic heterocycles. The monoisotopic (exact) mass is 375 g/mol. The van der Waals surface area contributed by atoms with Crippen molar-refractivity contribution in [3.63, 3.8) is 0 Å². The molecule has 0 saturated heterocycles. The van der Waals surface area contributed by atoms with E-state index in [1.54, 1.807) is 25.3 Å². The van der Waals surface area contributed by atoms with Crippen molar-refractivity contribution in [3.05, 3.63) is 53.1 Å². The number of ether oxygens (including phenoxy) is 2. The quantitative estimate of drug-likeness (QED) is 0.731. The highest BCUT2D eigenvalue weighted by Crippen LogP contribution is 2.28. The highest BCUT2D eigenvalue weighted by molar-refractivity contribution is 6.32. The van der Waals surface area contributed by atoms with Crippen LogP contribution in [0.3, 0.4) is 0 Å². The predicted molar refractivity (Wildman–Crippen MR) is 106 cm³/mol. The average Bonchev–Trinajstić information content (AvgIpc) is 2.59. The van der Waals surface area contributed by atoms with Crippen LogP contribution in [0.15, 0.2) is 42.5 Å². The Morgan fingerprint density at radius 2 is 1.81 bits per heavy atom. The number of nitrogens with one attached hydrogen (secondary N) is 1. The molecule has 2 aromatic carbocycles.